The van der Waals surface area contributed by atoms with Crippen molar-refractivity contribution in [2.75, 3.05) is 0 Å². The van der Waals surface area contributed by atoms with Gasteiger partial charge in [0.2, 0.25) is 0 Å². The lowest BCUT2D eigenvalue weighted by molar-refractivity contribution is 0.0739. The normalized spacial score (nSPS) is 11.4. The van der Waals surface area contributed by atoms with Crippen LogP contribution in [0.3, 0.4) is 0 Å². The SMILES string of the molecule is CC(C)(C)c1ccc(C(=O)N/N=C/c2cccc(OC(=O)c3cccs3)c2)cc1. The van der Waals surface area contributed by atoms with Gasteiger partial charge >= 0.3 is 5.97 Å². The molecule has 0 atom stereocenters. The maximum atomic E-state index is 12.2. The van der Waals surface area contributed by atoms with Gasteiger partial charge in [-0.1, -0.05) is 51.1 Å². The Hall–Kier alpha value is -3.25. The van der Waals surface area contributed by atoms with E-state index in [1.54, 1.807) is 48.5 Å². The molecule has 0 radical (unpaired) electrons. The highest BCUT2D eigenvalue weighted by atomic mass is 32.1. The van der Waals surface area contributed by atoms with Gasteiger partial charge in [-0.3, -0.25) is 4.79 Å². The molecule has 6 heteroatoms. The molecule has 1 N–H and O–H groups in total. The molecule has 148 valence electrons. The van der Waals surface area contributed by atoms with Crippen molar-refractivity contribution in [3.63, 3.8) is 0 Å². The second kappa shape index (κ2) is 8.84. The highest BCUT2D eigenvalue weighted by Crippen LogP contribution is 2.22. The van der Waals surface area contributed by atoms with Crippen molar-refractivity contribution in [3.8, 4) is 5.75 Å². The number of carbonyl (C=O) groups is 2. The Labute approximate surface area is 174 Å². The fourth-order valence-corrected chi connectivity index (χ4v) is 3.16. The zero-order chi connectivity index (χ0) is 20.9. The molecular formula is C23H22N2O3S. The van der Waals surface area contributed by atoms with E-state index in [0.29, 0.717) is 21.8 Å². The van der Waals surface area contributed by atoms with Crippen molar-refractivity contribution < 1.29 is 14.3 Å². The third-order valence-corrected chi connectivity index (χ3v) is 5.03. The summed E-state index contributed by atoms with van der Waals surface area (Å²) in [5.41, 5.74) is 4.94. The molecular weight excluding hydrogens is 384 g/mol. The second-order valence-electron chi connectivity index (χ2n) is 7.47. The van der Waals surface area contributed by atoms with Gasteiger partial charge in [-0.15, -0.1) is 11.3 Å². The largest absolute Gasteiger partial charge is 0.422 e. The number of esters is 1. The molecule has 5 nitrogen and oxygen atoms in total. The molecule has 1 aromatic heterocycles. The number of nitrogens with zero attached hydrogens (tertiary/aromatic N) is 1. The summed E-state index contributed by atoms with van der Waals surface area (Å²) in [6.07, 6.45) is 1.50. The molecule has 0 aliphatic rings. The molecule has 2 aromatic carbocycles. The van der Waals surface area contributed by atoms with Crippen molar-refractivity contribution in [2.24, 2.45) is 5.10 Å². The first kappa shape index (κ1) is 20.5. The molecule has 0 spiro atoms. The Kier molecular flexibility index (Phi) is 6.24. The van der Waals surface area contributed by atoms with Crippen molar-refractivity contribution in [1.29, 1.82) is 0 Å². The first-order valence-corrected chi connectivity index (χ1v) is 10.0. The smallest absolute Gasteiger partial charge is 0.353 e. The third kappa shape index (κ3) is 5.62. The van der Waals surface area contributed by atoms with Gasteiger partial charge in [0.25, 0.3) is 5.91 Å². The Balaban J connectivity index is 1.60. The van der Waals surface area contributed by atoms with Gasteiger partial charge in [0.1, 0.15) is 10.6 Å². The number of hydrogen-bond donors (Lipinski definition) is 1. The van der Waals surface area contributed by atoms with Crippen LogP contribution in [0.5, 0.6) is 5.75 Å². The minimum Gasteiger partial charge on any atom is -0.422 e. The van der Waals surface area contributed by atoms with Crippen LogP contribution in [0.2, 0.25) is 0 Å². The van der Waals surface area contributed by atoms with Crippen LogP contribution in [0, 0.1) is 0 Å². The van der Waals surface area contributed by atoms with Crippen LogP contribution in [0.1, 0.15) is 51.9 Å². The Morgan fingerprint density at radius 2 is 1.79 bits per heavy atom. The van der Waals surface area contributed by atoms with Gasteiger partial charge in [-0.05, 0) is 52.3 Å². The highest BCUT2D eigenvalue weighted by molar-refractivity contribution is 7.12. The molecule has 0 saturated heterocycles. The Bertz CT molecular complexity index is 1020. The number of thiophene rings is 1. The van der Waals surface area contributed by atoms with Gasteiger partial charge in [-0.2, -0.15) is 5.10 Å². The van der Waals surface area contributed by atoms with E-state index >= 15 is 0 Å². The van der Waals surface area contributed by atoms with Crippen LogP contribution in [-0.4, -0.2) is 18.1 Å². The second-order valence-corrected chi connectivity index (χ2v) is 8.41. The molecule has 0 fully saturated rings. The molecule has 0 aliphatic carbocycles. The minimum absolute atomic E-state index is 0.0329. The molecule has 0 aliphatic heterocycles. The summed E-state index contributed by atoms with van der Waals surface area (Å²) >= 11 is 1.32. The van der Waals surface area contributed by atoms with Gasteiger partial charge in [0.15, 0.2) is 0 Å². The zero-order valence-corrected chi connectivity index (χ0v) is 17.3. The number of benzene rings is 2. The van der Waals surface area contributed by atoms with Crippen LogP contribution in [0.25, 0.3) is 0 Å². The topological polar surface area (TPSA) is 67.8 Å². The summed E-state index contributed by atoms with van der Waals surface area (Å²) in [7, 11) is 0. The fraction of sp³-hybridized carbons (Fsp3) is 0.174. The van der Waals surface area contributed by atoms with Gasteiger partial charge < -0.3 is 4.74 Å². The summed E-state index contributed by atoms with van der Waals surface area (Å²) in [4.78, 5) is 24.8. The number of hydrazone groups is 1. The predicted octanol–water partition coefficient (Wildman–Crippen LogP) is 5.03. The lowest BCUT2D eigenvalue weighted by atomic mass is 9.87. The molecule has 29 heavy (non-hydrogen) atoms. The fourth-order valence-electron chi connectivity index (χ4n) is 2.56. The van der Waals surface area contributed by atoms with Gasteiger partial charge in [0, 0.05) is 5.56 Å². The quantitative estimate of drug-likeness (QED) is 0.280. The van der Waals surface area contributed by atoms with E-state index < -0.39 is 5.97 Å². The van der Waals surface area contributed by atoms with Crippen LogP contribution in [0.4, 0.5) is 0 Å². The standard InChI is InChI=1S/C23H22N2O3S/c1-23(2,3)18-11-9-17(10-12-18)21(26)25-24-15-16-6-4-7-19(14-16)28-22(27)20-8-5-13-29-20/h4-15H,1-3H3,(H,25,26)/b24-15+. The number of amides is 1. The molecule has 3 aromatic rings. The number of carbonyl (C=O) groups excluding carboxylic acids is 2. The molecule has 1 amide bonds. The zero-order valence-electron chi connectivity index (χ0n) is 16.5. The van der Waals surface area contributed by atoms with Crippen molar-refractivity contribution in [3.05, 3.63) is 87.6 Å². The van der Waals surface area contributed by atoms with Crippen LogP contribution >= 0.6 is 11.3 Å². The number of nitrogens with one attached hydrogen (secondary N) is 1. The summed E-state index contributed by atoms with van der Waals surface area (Å²) in [5.74, 6) is -0.278. The monoisotopic (exact) mass is 406 g/mol. The van der Waals surface area contributed by atoms with Crippen LogP contribution < -0.4 is 10.2 Å². The lowest BCUT2D eigenvalue weighted by Crippen LogP contribution is -2.18. The van der Waals surface area contributed by atoms with E-state index in [4.69, 9.17) is 4.74 Å². The van der Waals surface area contributed by atoms with E-state index in [9.17, 15) is 9.59 Å². The molecule has 0 bridgehead atoms. The average molecular weight is 407 g/mol. The maximum absolute atomic E-state index is 12.2. The summed E-state index contributed by atoms with van der Waals surface area (Å²) in [6.45, 7) is 6.37. The molecule has 1 heterocycles. The van der Waals surface area contributed by atoms with E-state index in [2.05, 4.69) is 31.3 Å². The summed E-state index contributed by atoms with van der Waals surface area (Å²) in [5, 5.41) is 5.81. The van der Waals surface area contributed by atoms with E-state index in [1.807, 2.05) is 17.5 Å². The van der Waals surface area contributed by atoms with E-state index in [-0.39, 0.29) is 11.3 Å². The number of rotatable bonds is 5. The number of hydrogen-bond acceptors (Lipinski definition) is 5. The summed E-state index contributed by atoms with van der Waals surface area (Å²) in [6, 6.07) is 17.9. The Morgan fingerprint density at radius 3 is 2.45 bits per heavy atom. The maximum Gasteiger partial charge on any atom is 0.353 e. The molecule has 3 rings (SSSR count). The van der Waals surface area contributed by atoms with E-state index in [0.717, 1.165) is 5.56 Å². The Morgan fingerprint density at radius 1 is 1.03 bits per heavy atom. The average Bonchev–Trinajstić information content (AvgIpc) is 3.23. The highest BCUT2D eigenvalue weighted by Gasteiger charge is 2.14. The molecule has 0 saturated carbocycles. The first-order valence-electron chi connectivity index (χ1n) is 9.12. The van der Waals surface area contributed by atoms with Crippen LogP contribution in [-0.2, 0) is 5.41 Å². The summed E-state index contributed by atoms with van der Waals surface area (Å²) < 4.78 is 5.36. The van der Waals surface area contributed by atoms with Gasteiger partial charge in [0.05, 0.1) is 6.21 Å². The first-order chi connectivity index (χ1) is 13.8. The van der Waals surface area contributed by atoms with Crippen molar-refractivity contribution in [2.45, 2.75) is 26.2 Å². The van der Waals surface area contributed by atoms with Gasteiger partial charge in [-0.25, -0.2) is 10.2 Å². The molecule has 0 unspecified atom stereocenters. The van der Waals surface area contributed by atoms with Crippen LogP contribution in [0.15, 0.2) is 71.1 Å². The lowest BCUT2D eigenvalue weighted by Gasteiger charge is -2.18. The third-order valence-electron chi connectivity index (χ3n) is 4.18. The van der Waals surface area contributed by atoms with Crippen molar-refractivity contribution in [1.82, 2.24) is 5.43 Å². The predicted molar refractivity (Wildman–Crippen MR) is 116 cm³/mol. The number of ether oxygens (including phenoxy) is 1. The minimum atomic E-state index is -0.402. The van der Waals surface area contributed by atoms with E-state index in [1.165, 1.54) is 17.6 Å². The van der Waals surface area contributed by atoms with Crippen molar-refractivity contribution >= 4 is 29.4 Å².